The first-order valence-electron chi connectivity index (χ1n) is 8.71. The van der Waals surface area contributed by atoms with Gasteiger partial charge in [-0.25, -0.2) is 17.5 Å². The molecule has 6 nitrogen and oxygen atoms in total. The highest BCUT2D eigenvalue weighted by atomic mass is 32.2. The molecule has 2 aromatic carbocycles. The first-order chi connectivity index (χ1) is 13.8. The van der Waals surface area contributed by atoms with Crippen LogP contribution in [-0.2, 0) is 21.4 Å². The monoisotopic (exact) mass is 414 g/mol. The molecular formula is C21H19FN2O4S. The van der Waals surface area contributed by atoms with Gasteiger partial charge in [0.1, 0.15) is 11.6 Å². The second-order valence-corrected chi connectivity index (χ2v) is 8.05. The van der Waals surface area contributed by atoms with E-state index in [1.807, 2.05) is 0 Å². The Labute approximate surface area is 168 Å². The minimum absolute atomic E-state index is 0.0483. The number of furan rings is 1. The number of hydrogen-bond donors (Lipinski definition) is 2. The Morgan fingerprint density at radius 2 is 1.90 bits per heavy atom. The summed E-state index contributed by atoms with van der Waals surface area (Å²) in [5, 5.41) is 2.46. The number of halogens is 1. The minimum atomic E-state index is -3.69. The van der Waals surface area contributed by atoms with Crippen molar-refractivity contribution in [2.45, 2.75) is 18.4 Å². The molecule has 3 aromatic rings. The summed E-state index contributed by atoms with van der Waals surface area (Å²) in [5.41, 5.74) is 1.47. The molecule has 29 heavy (non-hydrogen) atoms. The predicted molar refractivity (Wildman–Crippen MR) is 108 cm³/mol. The Balaban J connectivity index is 1.61. The van der Waals surface area contributed by atoms with Gasteiger partial charge in [-0.05, 0) is 60.5 Å². The van der Waals surface area contributed by atoms with Gasteiger partial charge in [0.15, 0.2) is 0 Å². The fourth-order valence-electron chi connectivity index (χ4n) is 2.49. The van der Waals surface area contributed by atoms with Crippen LogP contribution in [0.1, 0.15) is 16.9 Å². The molecule has 3 rings (SSSR count). The van der Waals surface area contributed by atoms with Crippen molar-refractivity contribution < 1.29 is 22.0 Å². The second-order valence-electron chi connectivity index (χ2n) is 6.28. The predicted octanol–water partition coefficient (Wildman–Crippen LogP) is 3.86. The first-order valence-corrected chi connectivity index (χ1v) is 10.2. The van der Waals surface area contributed by atoms with Crippen LogP contribution >= 0.6 is 0 Å². The molecule has 2 N–H and O–H groups in total. The third-order valence-electron chi connectivity index (χ3n) is 4.02. The summed E-state index contributed by atoms with van der Waals surface area (Å²) in [7, 11) is -3.69. The average Bonchev–Trinajstić information content (AvgIpc) is 3.21. The summed E-state index contributed by atoms with van der Waals surface area (Å²) in [6, 6.07) is 13.9. The van der Waals surface area contributed by atoms with E-state index < -0.39 is 21.7 Å². The molecule has 0 spiro atoms. The molecule has 0 saturated carbocycles. The number of carbonyl (C=O) groups is 1. The van der Waals surface area contributed by atoms with Crippen molar-refractivity contribution in [2.75, 3.05) is 5.32 Å². The highest BCUT2D eigenvalue weighted by molar-refractivity contribution is 7.89. The molecule has 0 bridgehead atoms. The van der Waals surface area contributed by atoms with Crippen LogP contribution in [-0.4, -0.2) is 14.3 Å². The van der Waals surface area contributed by atoms with Gasteiger partial charge in [0.25, 0.3) is 0 Å². The van der Waals surface area contributed by atoms with Crippen LogP contribution in [0.3, 0.4) is 0 Å². The van der Waals surface area contributed by atoms with Crippen molar-refractivity contribution in [2.24, 2.45) is 0 Å². The zero-order chi connectivity index (χ0) is 20.9. The quantitative estimate of drug-likeness (QED) is 0.575. The molecule has 0 unspecified atom stereocenters. The molecular weight excluding hydrogens is 395 g/mol. The van der Waals surface area contributed by atoms with E-state index in [4.69, 9.17) is 4.42 Å². The molecule has 1 heterocycles. The van der Waals surface area contributed by atoms with E-state index in [1.165, 1.54) is 42.7 Å². The SMILES string of the molecule is Cc1ccc(NC(=O)/C=C/c2ccc(S(=O)(=O)NCc3ccco3)cc2)c(F)c1. The Hall–Kier alpha value is -3.23. The summed E-state index contributed by atoms with van der Waals surface area (Å²) in [5.74, 6) is -0.503. The van der Waals surface area contributed by atoms with Gasteiger partial charge < -0.3 is 9.73 Å². The van der Waals surface area contributed by atoms with Crippen LogP contribution in [0.2, 0.25) is 0 Å². The third kappa shape index (κ3) is 5.63. The lowest BCUT2D eigenvalue weighted by Crippen LogP contribution is -2.22. The van der Waals surface area contributed by atoms with Gasteiger partial charge in [0.05, 0.1) is 23.4 Å². The smallest absolute Gasteiger partial charge is 0.248 e. The Morgan fingerprint density at radius 3 is 2.55 bits per heavy atom. The summed E-state index contributed by atoms with van der Waals surface area (Å²) < 4.78 is 45.9. The number of aryl methyl sites for hydroxylation is 1. The maximum absolute atomic E-state index is 13.8. The largest absolute Gasteiger partial charge is 0.468 e. The van der Waals surface area contributed by atoms with E-state index in [1.54, 1.807) is 37.3 Å². The fraction of sp³-hybridized carbons (Fsp3) is 0.0952. The van der Waals surface area contributed by atoms with Gasteiger partial charge in [-0.3, -0.25) is 4.79 Å². The lowest BCUT2D eigenvalue weighted by molar-refractivity contribution is -0.111. The average molecular weight is 414 g/mol. The van der Waals surface area contributed by atoms with E-state index in [9.17, 15) is 17.6 Å². The fourth-order valence-corrected chi connectivity index (χ4v) is 3.48. The van der Waals surface area contributed by atoms with Crippen LogP contribution in [0.25, 0.3) is 6.08 Å². The van der Waals surface area contributed by atoms with E-state index in [0.717, 1.165) is 5.56 Å². The number of rotatable bonds is 7. The number of nitrogens with one attached hydrogen (secondary N) is 2. The Kier molecular flexibility index (Phi) is 6.26. The van der Waals surface area contributed by atoms with E-state index in [2.05, 4.69) is 10.0 Å². The summed E-state index contributed by atoms with van der Waals surface area (Å²) in [6.07, 6.45) is 4.22. The molecule has 150 valence electrons. The van der Waals surface area contributed by atoms with Crippen molar-refractivity contribution in [3.8, 4) is 0 Å². The van der Waals surface area contributed by atoms with Crippen LogP contribution in [0.15, 0.2) is 76.2 Å². The van der Waals surface area contributed by atoms with Crippen molar-refractivity contribution in [3.63, 3.8) is 0 Å². The Bertz CT molecular complexity index is 1120. The molecule has 0 radical (unpaired) electrons. The Morgan fingerprint density at radius 1 is 1.14 bits per heavy atom. The van der Waals surface area contributed by atoms with Crippen molar-refractivity contribution in [3.05, 3.63) is 89.6 Å². The number of benzene rings is 2. The number of carbonyl (C=O) groups excluding carboxylic acids is 1. The van der Waals surface area contributed by atoms with Gasteiger partial charge in [-0.2, -0.15) is 0 Å². The highest BCUT2D eigenvalue weighted by Gasteiger charge is 2.14. The lowest BCUT2D eigenvalue weighted by atomic mass is 10.2. The van der Waals surface area contributed by atoms with Gasteiger partial charge >= 0.3 is 0 Å². The summed E-state index contributed by atoms with van der Waals surface area (Å²) in [6.45, 7) is 1.80. The molecule has 0 fully saturated rings. The lowest BCUT2D eigenvalue weighted by Gasteiger charge is -2.06. The van der Waals surface area contributed by atoms with E-state index in [0.29, 0.717) is 11.3 Å². The molecule has 0 aliphatic rings. The molecule has 8 heteroatoms. The molecule has 1 aromatic heterocycles. The van der Waals surface area contributed by atoms with Crippen LogP contribution in [0.5, 0.6) is 0 Å². The van der Waals surface area contributed by atoms with Crippen LogP contribution < -0.4 is 10.0 Å². The number of amides is 1. The highest BCUT2D eigenvalue weighted by Crippen LogP contribution is 2.16. The topological polar surface area (TPSA) is 88.4 Å². The van der Waals surface area contributed by atoms with E-state index >= 15 is 0 Å². The maximum Gasteiger partial charge on any atom is 0.248 e. The molecule has 0 saturated heterocycles. The van der Waals surface area contributed by atoms with Gasteiger partial charge in [0, 0.05) is 6.08 Å². The van der Waals surface area contributed by atoms with Gasteiger partial charge in [-0.1, -0.05) is 18.2 Å². The normalized spacial score (nSPS) is 11.7. The zero-order valence-electron chi connectivity index (χ0n) is 15.6. The molecule has 0 atom stereocenters. The zero-order valence-corrected chi connectivity index (χ0v) is 16.4. The molecule has 0 aliphatic heterocycles. The second kappa shape index (κ2) is 8.85. The van der Waals surface area contributed by atoms with Gasteiger partial charge in [0.2, 0.25) is 15.9 Å². The number of sulfonamides is 1. The van der Waals surface area contributed by atoms with Crippen LogP contribution in [0, 0.1) is 12.7 Å². The number of anilines is 1. The first kappa shape index (κ1) is 20.5. The van der Waals surface area contributed by atoms with Crippen LogP contribution in [0.4, 0.5) is 10.1 Å². The summed E-state index contributed by atoms with van der Waals surface area (Å²) >= 11 is 0. The standard InChI is InChI=1S/C21H19FN2O4S/c1-15-4-10-20(19(22)13-15)24-21(25)11-7-16-5-8-18(9-6-16)29(26,27)23-14-17-3-2-12-28-17/h2-13,23H,14H2,1H3,(H,24,25)/b11-7+. The minimum Gasteiger partial charge on any atom is -0.468 e. The number of hydrogen-bond acceptors (Lipinski definition) is 4. The molecule has 0 aliphatic carbocycles. The third-order valence-corrected chi connectivity index (χ3v) is 5.43. The van der Waals surface area contributed by atoms with Crippen molar-refractivity contribution >= 4 is 27.7 Å². The maximum atomic E-state index is 13.8. The van der Waals surface area contributed by atoms with Crippen molar-refractivity contribution in [1.82, 2.24) is 4.72 Å². The van der Waals surface area contributed by atoms with Gasteiger partial charge in [-0.15, -0.1) is 0 Å². The summed E-state index contributed by atoms with van der Waals surface area (Å²) in [4.78, 5) is 12.1. The van der Waals surface area contributed by atoms with Crippen molar-refractivity contribution in [1.29, 1.82) is 0 Å². The molecule has 1 amide bonds. The van der Waals surface area contributed by atoms with E-state index in [-0.39, 0.29) is 17.1 Å².